The van der Waals surface area contributed by atoms with Crippen molar-refractivity contribution in [1.29, 1.82) is 0 Å². The van der Waals surface area contributed by atoms with Crippen LogP contribution in [0, 0.1) is 5.92 Å². The van der Waals surface area contributed by atoms with Crippen LogP contribution in [-0.2, 0) is 6.42 Å². The molecule has 0 spiro atoms. The second-order valence-corrected chi connectivity index (χ2v) is 6.58. The topological polar surface area (TPSA) is 12.0 Å². The molecule has 0 saturated carbocycles. The Morgan fingerprint density at radius 1 is 0.952 bits per heavy atom. The molecule has 0 aromatic heterocycles. The maximum Gasteiger partial charge on any atom is 0.0390 e. The molecule has 110 valence electrons. The molecule has 0 amide bonds. The van der Waals surface area contributed by atoms with Gasteiger partial charge in [-0.05, 0) is 42.0 Å². The average molecular weight is 279 g/mol. The van der Waals surface area contributed by atoms with E-state index in [9.17, 15) is 0 Å². The summed E-state index contributed by atoms with van der Waals surface area (Å²) in [6.45, 7) is 5.67. The molecule has 0 aliphatic carbocycles. The summed E-state index contributed by atoms with van der Waals surface area (Å²) in [5.74, 6) is 1.32. The lowest BCUT2D eigenvalue weighted by Gasteiger charge is -2.21. The summed E-state index contributed by atoms with van der Waals surface area (Å²) in [5.41, 5.74) is 4.34. The molecule has 1 N–H and O–H groups in total. The summed E-state index contributed by atoms with van der Waals surface area (Å²) in [7, 11) is 0. The van der Waals surface area contributed by atoms with Gasteiger partial charge in [-0.15, -0.1) is 0 Å². The van der Waals surface area contributed by atoms with Crippen molar-refractivity contribution >= 4 is 0 Å². The van der Waals surface area contributed by atoms with E-state index in [0.29, 0.717) is 12.0 Å². The van der Waals surface area contributed by atoms with Crippen molar-refractivity contribution in [1.82, 2.24) is 5.32 Å². The van der Waals surface area contributed by atoms with Crippen LogP contribution in [0.5, 0.6) is 0 Å². The van der Waals surface area contributed by atoms with Gasteiger partial charge in [0.2, 0.25) is 0 Å². The van der Waals surface area contributed by atoms with Crippen LogP contribution in [0.4, 0.5) is 0 Å². The molecule has 1 aliphatic rings. The molecule has 1 fully saturated rings. The van der Waals surface area contributed by atoms with E-state index in [1.54, 1.807) is 0 Å². The van der Waals surface area contributed by atoms with E-state index in [-0.39, 0.29) is 0 Å². The van der Waals surface area contributed by atoms with E-state index < -0.39 is 0 Å². The third-order valence-electron chi connectivity index (χ3n) is 4.43. The molecular formula is C20H25N. The molecule has 1 heteroatoms. The maximum atomic E-state index is 3.67. The lowest BCUT2D eigenvalue weighted by Crippen LogP contribution is -2.16. The first-order valence-corrected chi connectivity index (χ1v) is 8.11. The fourth-order valence-electron chi connectivity index (χ4n) is 3.45. The van der Waals surface area contributed by atoms with E-state index in [2.05, 4.69) is 73.8 Å². The highest BCUT2D eigenvalue weighted by Gasteiger charge is 2.29. The van der Waals surface area contributed by atoms with Gasteiger partial charge in [0, 0.05) is 12.0 Å². The first-order chi connectivity index (χ1) is 10.2. The monoisotopic (exact) mass is 279 g/mol. The molecule has 2 atom stereocenters. The predicted octanol–water partition coefficient (Wildman–Crippen LogP) is 4.70. The quantitative estimate of drug-likeness (QED) is 0.855. The Morgan fingerprint density at radius 2 is 1.67 bits per heavy atom. The fraction of sp³-hybridized carbons (Fsp3) is 0.400. The van der Waals surface area contributed by atoms with Crippen LogP contribution in [0.25, 0.3) is 0 Å². The highest BCUT2D eigenvalue weighted by atomic mass is 15.0. The molecular weight excluding hydrogens is 254 g/mol. The Kier molecular flexibility index (Phi) is 4.40. The minimum Gasteiger partial charge on any atom is -0.309 e. The van der Waals surface area contributed by atoms with Crippen molar-refractivity contribution in [2.75, 3.05) is 6.54 Å². The first kappa shape index (κ1) is 14.3. The van der Waals surface area contributed by atoms with Crippen molar-refractivity contribution < 1.29 is 0 Å². The van der Waals surface area contributed by atoms with Gasteiger partial charge >= 0.3 is 0 Å². The van der Waals surface area contributed by atoms with Gasteiger partial charge in [-0.2, -0.15) is 0 Å². The Hall–Kier alpha value is -1.60. The Bertz CT molecular complexity index is 556. The summed E-state index contributed by atoms with van der Waals surface area (Å²) < 4.78 is 0. The molecule has 3 rings (SSSR count). The predicted molar refractivity (Wildman–Crippen MR) is 89.5 cm³/mol. The van der Waals surface area contributed by atoms with Crippen LogP contribution in [-0.4, -0.2) is 6.54 Å². The number of nitrogens with one attached hydrogen (secondary N) is 1. The number of hydrogen-bond donors (Lipinski definition) is 1. The van der Waals surface area contributed by atoms with E-state index >= 15 is 0 Å². The van der Waals surface area contributed by atoms with Crippen molar-refractivity contribution in [2.24, 2.45) is 5.92 Å². The lowest BCUT2D eigenvalue weighted by molar-refractivity contribution is 0.577. The molecule has 2 aromatic carbocycles. The molecule has 1 nitrogen and oxygen atoms in total. The minimum absolute atomic E-state index is 0.460. The van der Waals surface area contributed by atoms with Crippen molar-refractivity contribution in [3.05, 3.63) is 71.3 Å². The number of rotatable bonds is 4. The van der Waals surface area contributed by atoms with Gasteiger partial charge in [0.1, 0.15) is 0 Å². The zero-order valence-electron chi connectivity index (χ0n) is 13.0. The molecule has 1 heterocycles. The minimum atomic E-state index is 0.460. The summed E-state index contributed by atoms with van der Waals surface area (Å²) in [5, 5.41) is 3.67. The molecule has 21 heavy (non-hydrogen) atoms. The SMILES string of the molecule is CC(C)Cc1ccc(C2CCNC2c2ccccc2)cc1. The van der Waals surface area contributed by atoms with Crippen molar-refractivity contribution in [2.45, 2.75) is 38.6 Å². The summed E-state index contributed by atoms with van der Waals surface area (Å²) in [4.78, 5) is 0. The molecule has 2 unspecified atom stereocenters. The third kappa shape index (κ3) is 3.36. The Balaban J connectivity index is 1.79. The molecule has 1 aliphatic heterocycles. The molecule has 1 saturated heterocycles. The zero-order valence-corrected chi connectivity index (χ0v) is 13.0. The number of benzene rings is 2. The van der Waals surface area contributed by atoms with E-state index in [0.717, 1.165) is 12.5 Å². The highest BCUT2D eigenvalue weighted by Crippen LogP contribution is 2.37. The van der Waals surface area contributed by atoms with Crippen molar-refractivity contribution in [3.63, 3.8) is 0 Å². The average Bonchev–Trinajstić information content (AvgIpc) is 2.98. The van der Waals surface area contributed by atoms with Crippen LogP contribution >= 0.6 is 0 Å². The third-order valence-corrected chi connectivity index (χ3v) is 4.43. The lowest BCUT2D eigenvalue weighted by atomic mass is 9.87. The second kappa shape index (κ2) is 6.44. The Labute approximate surface area is 128 Å². The van der Waals surface area contributed by atoms with Crippen LogP contribution in [0.2, 0.25) is 0 Å². The molecule has 0 bridgehead atoms. The first-order valence-electron chi connectivity index (χ1n) is 8.11. The van der Waals surface area contributed by atoms with Gasteiger partial charge in [-0.25, -0.2) is 0 Å². The van der Waals surface area contributed by atoms with Gasteiger partial charge in [0.25, 0.3) is 0 Å². The highest BCUT2D eigenvalue weighted by molar-refractivity contribution is 5.32. The fourth-order valence-corrected chi connectivity index (χ4v) is 3.45. The van der Waals surface area contributed by atoms with Crippen molar-refractivity contribution in [3.8, 4) is 0 Å². The van der Waals surface area contributed by atoms with Gasteiger partial charge < -0.3 is 5.32 Å². The zero-order chi connectivity index (χ0) is 14.7. The van der Waals surface area contributed by atoms with E-state index in [4.69, 9.17) is 0 Å². The standard InChI is InChI=1S/C20H25N/c1-15(2)14-16-8-10-17(11-9-16)19-12-13-21-20(19)18-6-4-3-5-7-18/h3-11,15,19-21H,12-14H2,1-2H3. The van der Waals surface area contributed by atoms with Crippen LogP contribution < -0.4 is 5.32 Å². The normalized spacial score (nSPS) is 21.9. The van der Waals surface area contributed by atoms with E-state index in [1.165, 1.54) is 29.5 Å². The van der Waals surface area contributed by atoms with Gasteiger partial charge in [0.15, 0.2) is 0 Å². The summed E-state index contributed by atoms with van der Waals surface area (Å²) in [6.07, 6.45) is 2.40. The number of hydrogen-bond acceptors (Lipinski definition) is 1. The van der Waals surface area contributed by atoms with Crippen LogP contribution in [0.3, 0.4) is 0 Å². The van der Waals surface area contributed by atoms with Gasteiger partial charge in [-0.1, -0.05) is 68.4 Å². The van der Waals surface area contributed by atoms with Gasteiger partial charge in [-0.3, -0.25) is 0 Å². The summed E-state index contributed by atoms with van der Waals surface area (Å²) in [6, 6.07) is 20.6. The summed E-state index contributed by atoms with van der Waals surface area (Å²) >= 11 is 0. The molecule has 0 radical (unpaired) electrons. The largest absolute Gasteiger partial charge is 0.309 e. The Morgan fingerprint density at radius 3 is 2.33 bits per heavy atom. The van der Waals surface area contributed by atoms with Gasteiger partial charge in [0.05, 0.1) is 0 Å². The molecule has 2 aromatic rings. The van der Waals surface area contributed by atoms with Crippen LogP contribution in [0.1, 0.15) is 48.9 Å². The second-order valence-electron chi connectivity index (χ2n) is 6.58. The smallest absolute Gasteiger partial charge is 0.0390 e. The maximum absolute atomic E-state index is 3.67. The van der Waals surface area contributed by atoms with E-state index in [1.807, 2.05) is 0 Å². The van der Waals surface area contributed by atoms with Crippen LogP contribution in [0.15, 0.2) is 54.6 Å².